The zero-order valence-electron chi connectivity index (χ0n) is 32.9. The summed E-state index contributed by atoms with van der Waals surface area (Å²) in [7, 11) is -2.11. The Bertz CT molecular complexity index is 1180. The first kappa shape index (κ1) is 38.9. The van der Waals surface area contributed by atoms with Crippen LogP contribution in [0.25, 0.3) is 0 Å². The molecule has 4 rings (SSSR count). The van der Waals surface area contributed by atoms with Crippen LogP contribution < -0.4 is 0 Å². The Morgan fingerprint density at radius 2 is 1.57 bits per heavy atom. The Balaban J connectivity index is 1.47. The third-order valence-corrected chi connectivity index (χ3v) is 23.8. The van der Waals surface area contributed by atoms with Crippen LogP contribution in [-0.4, -0.2) is 48.2 Å². The van der Waals surface area contributed by atoms with Gasteiger partial charge in [0, 0.05) is 18.6 Å². The van der Waals surface area contributed by atoms with Gasteiger partial charge in [0.25, 0.3) is 0 Å². The second kappa shape index (κ2) is 13.7. The van der Waals surface area contributed by atoms with Gasteiger partial charge in [-0.1, -0.05) is 73.1 Å². The van der Waals surface area contributed by atoms with Gasteiger partial charge >= 0.3 is 6.16 Å². The average molecular weight is 689 g/mol. The Morgan fingerprint density at radius 1 is 0.915 bits per heavy atom. The normalized spacial score (nSPS) is 34.6. The van der Waals surface area contributed by atoms with E-state index in [4.69, 9.17) is 18.3 Å². The number of ether oxygens (including phenoxy) is 2. The van der Waals surface area contributed by atoms with Crippen LogP contribution in [0.5, 0.6) is 0 Å². The van der Waals surface area contributed by atoms with E-state index in [0.29, 0.717) is 17.9 Å². The molecule has 0 heterocycles. The summed E-state index contributed by atoms with van der Waals surface area (Å²) in [5, 5.41) is 0.460. The molecule has 0 aromatic heterocycles. The van der Waals surface area contributed by atoms with Crippen molar-refractivity contribution in [3.8, 4) is 0 Å². The number of carbonyl (C=O) groups is 1. The third-order valence-electron chi connectivity index (χ3n) is 14.7. The van der Waals surface area contributed by atoms with E-state index in [2.05, 4.69) is 107 Å². The molecule has 8 atom stereocenters. The first-order valence-electron chi connectivity index (χ1n) is 19.0. The van der Waals surface area contributed by atoms with Gasteiger partial charge < -0.3 is 18.3 Å². The van der Waals surface area contributed by atoms with Crippen LogP contribution in [-0.2, 0) is 18.3 Å². The molecule has 0 aromatic carbocycles. The molecule has 4 aliphatic carbocycles. The largest absolute Gasteiger partial charge is 0.508 e. The predicted octanol–water partition coefficient (Wildman–Crippen LogP) is 11.9. The lowest BCUT2D eigenvalue weighted by atomic mass is 9.46. The molecule has 4 unspecified atom stereocenters. The predicted molar refractivity (Wildman–Crippen MR) is 201 cm³/mol. The molecule has 5 nitrogen and oxygen atoms in total. The summed E-state index contributed by atoms with van der Waals surface area (Å²) in [4.78, 5) is 12.7. The summed E-state index contributed by atoms with van der Waals surface area (Å²) in [5.74, 6) is 2.35. The van der Waals surface area contributed by atoms with E-state index in [9.17, 15) is 4.79 Å². The third kappa shape index (κ3) is 7.73. The van der Waals surface area contributed by atoms with Crippen molar-refractivity contribution in [3.05, 3.63) is 23.8 Å². The van der Waals surface area contributed by atoms with Gasteiger partial charge in [-0.05, 0) is 142 Å². The van der Waals surface area contributed by atoms with E-state index >= 15 is 0 Å². The second-order valence-corrected chi connectivity index (χ2v) is 29.1. The van der Waals surface area contributed by atoms with Crippen LogP contribution in [0, 0.1) is 34.5 Å². The van der Waals surface area contributed by atoms with E-state index in [0.717, 1.165) is 38.2 Å². The molecule has 3 saturated carbocycles. The van der Waals surface area contributed by atoms with Gasteiger partial charge in [-0.2, -0.15) is 0 Å². The van der Waals surface area contributed by atoms with Gasteiger partial charge in [0.15, 0.2) is 16.6 Å². The molecular weight excluding hydrogens is 617 g/mol. The minimum atomic E-state index is -1.79. The van der Waals surface area contributed by atoms with Crippen molar-refractivity contribution in [2.45, 2.75) is 174 Å². The fourth-order valence-corrected chi connectivity index (χ4v) is 12.2. The van der Waals surface area contributed by atoms with Crippen molar-refractivity contribution in [2.75, 3.05) is 13.7 Å². The molecule has 0 bridgehead atoms. The van der Waals surface area contributed by atoms with Gasteiger partial charge in [-0.25, -0.2) is 4.79 Å². The number of methoxy groups -OCH3 is 1. The summed E-state index contributed by atoms with van der Waals surface area (Å²) < 4.78 is 24.7. The molecular formula is C40H72O5Si2. The van der Waals surface area contributed by atoms with Crippen LogP contribution in [0.1, 0.15) is 127 Å². The summed E-state index contributed by atoms with van der Waals surface area (Å²) in [6, 6.07) is 0. The van der Waals surface area contributed by atoms with Crippen molar-refractivity contribution >= 4 is 22.8 Å². The van der Waals surface area contributed by atoms with Crippen LogP contribution in [0.2, 0.25) is 36.3 Å². The molecule has 3 fully saturated rings. The molecule has 0 aromatic rings. The zero-order chi connectivity index (χ0) is 35.3. The molecule has 0 N–H and O–H groups in total. The number of allylic oxidation sites excluding steroid dienone is 2. The molecule has 7 heteroatoms. The van der Waals surface area contributed by atoms with Gasteiger partial charge in [0.05, 0.1) is 7.11 Å². The van der Waals surface area contributed by atoms with Crippen LogP contribution in [0.15, 0.2) is 23.8 Å². The number of hydrogen-bond acceptors (Lipinski definition) is 5. The summed E-state index contributed by atoms with van der Waals surface area (Å²) in [5.41, 5.74) is 1.41. The smallest absolute Gasteiger partial charge is 0.438 e. The summed E-state index contributed by atoms with van der Waals surface area (Å²) in [6.07, 6.45) is 18.3. The van der Waals surface area contributed by atoms with Crippen molar-refractivity contribution in [3.63, 3.8) is 0 Å². The van der Waals surface area contributed by atoms with Crippen molar-refractivity contribution in [1.29, 1.82) is 0 Å². The van der Waals surface area contributed by atoms with Gasteiger partial charge in [0.2, 0.25) is 0 Å². The molecule has 0 amide bonds. The monoisotopic (exact) mass is 688 g/mol. The van der Waals surface area contributed by atoms with Gasteiger partial charge in [-0.15, -0.1) is 0 Å². The molecule has 0 radical (unpaired) electrons. The van der Waals surface area contributed by atoms with Crippen LogP contribution >= 0.6 is 0 Å². The molecule has 0 aliphatic heterocycles. The second-order valence-electron chi connectivity index (χ2n) is 19.6. The average Bonchev–Trinajstić information content (AvgIpc) is 3.31. The SMILES string of the molecule is COC(=O)O[C@@](C)(/C=C\CCCO[Si](C)(C)C(C)(C)C)[C@H]1CCC2C3CC=C4CC(O[Si](C)(C)C(C)(C)C)CC[C@]4(C)C3CC[C@@]21C. The fraction of sp³-hybridized carbons (Fsp3) is 0.875. The Hall–Kier alpha value is -0.896. The van der Waals surface area contributed by atoms with E-state index < -0.39 is 28.4 Å². The lowest BCUT2D eigenvalue weighted by Crippen LogP contribution is -2.54. The van der Waals surface area contributed by atoms with Crippen LogP contribution in [0.3, 0.4) is 0 Å². The molecule has 270 valence electrons. The topological polar surface area (TPSA) is 54.0 Å². The van der Waals surface area contributed by atoms with E-state index in [1.165, 1.54) is 45.6 Å². The highest BCUT2D eigenvalue weighted by molar-refractivity contribution is 6.74. The number of fused-ring (bicyclic) bond motifs is 5. The van der Waals surface area contributed by atoms with E-state index in [1.807, 2.05) is 0 Å². The Morgan fingerprint density at radius 3 is 2.19 bits per heavy atom. The highest BCUT2D eigenvalue weighted by atomic mass is 28.4. The Kier molecular flexibility index (Phi) is 11.3. The zero-order valence-corrected chi connectivity index (χ0v) is 34.9. The highest BCUT2D eigenvalue weighted by Crippen LogP contribution is 2.68. The Labute approximate surface area is 291 Å². The minimum Gasteiger partial charge on any atom is -0.438 e. The number of rotatable bonds is 10. The molecule has 47 heavy (non-hydrogen) atoms. The highest BCUT2D eigenvalue weighted by Gasteiger charge is 2.62. The minimum absolute atomic E-state index is 0.129. The lowest BCUT2D eigenvalue weighted by molar-refractivity contribution is -0.0964. The maximum Gasteiger partial charge on any atom is 0.508 e. The maximum atomic E-state index is 12.7. The van der Waals surface area contributed by atoms with Crippen LogP contribution in [0.4, 0.5) is 4.79 Å². The number of carbonyl (C=O) groups excluding carboxylic acids is 1. The van der Waals surface area contributed by atoms with Crippen molar-refractivity contribution in [2.24, 2.45) is 34.5 Å². The maximum absolute atomic E-state index is 12.7. The van der Waals surface area contributed by atoms with Gasteiger partial charge in [0.1, 0.15) is 5.60 Å². The van der Waals surface area contributed by atoms with Crippen molar-refractivity contribution < 1.29 is 23.1 Å². The van der Waals surface area contributed by atoms with E-state index in [-0.39, 0.29) is 26.8 Å². The first-order chi connectivity index (χ1) is 21.5. The van der Waals surface area contributed by atoms with Crippen molar-refractivity contribution in [1.82, 2.24) is 0 Å². The summed E-state index contributed by atoms with van der Waals surface area (Å²) >= 11 is 0. The molecule has 4 aliphatic rings. The summed E-state index contributed by atoms with van der Waals surface area (Å²) in [6.45, 7) is 31.4. The number of unbranched alkanes of at least 4 members (excludes halogenated alkanes) is 1. The first-order valence-corrected chi connectivity index (χ1v) is 24.8. The molecule has 0 spiro atoms. The quantitative estimate of drug-likeness (QED) is 0.0989. The van der Waals surface area contributed by atoms with E-state index in [1.54, 1.807) is 5.57 Å². The number of hydrogen-bond donors (Lipinski definition) is 0. The molecule has 0 saturated heterocycles. The standard InChI is InChI=1S/C40H72O5Si2/c1-36(2,3)46(11,12)43-27-17-15-16-24-40(9,44-35(41)42-10)34-21-20-32-31-19-18-29-28-30(45-47(13,14)37(4,5)6)22-25-38(29,7)33(31)23-26-39(32,34)8/h16,18,24,30-34H,15,17,19-23,25-28H2,1-14H3/b24-16-/t30?,31?,32?,33?,34-,38-,39-,40-/m0/s1. The fourth-order valence-electron chi connectivity index (χ4n) is 9.77. The van der Waals surface area contributed by atoms with Gasteiger partial charge in [-0.3, -0.25) is 0 Å². The lowest BCUT2D eigenvalue weighted by Gasteiger charge is -2.59.